The molecule has 1 unspecified atom stereocenters. The molecule has 0 aliphatic rings. The molecule has 0 aliphatic heterocycles. The SMILES string of the molecule is CCOP(=O)(O)CNC(=O)CC. The number of hydrogen-bond donors (Lipinski definition) is 2. The maximum Gasteiger partial charge on any atom is 0.347 e. The molecule has 0 fully saturated rings. The van der Waals surface area contributed by atoms with Gasteiger partial charge in [-0.2, -0.15) is 0 Å². The molecule has 0 heterocycles. The van der Waals surface area contributed by atoms with Crippen molar-refractivity contribution in [3.8, 4) is 0 Å². The monoisotopic (exact) mass is 195 g/mol. The fourth-order valence-corrected chi connectivity index (χ4v) is 1.43. The maximum absolute atomic E-state index is 11.0. The van der Waals surface area contributed by atoms with E-state index < -0.39 is 7.60 Å². The highest BCUT2D eigenvalue weighted by atomic mass is 31.2. The zero-order valence-corrected chi connectivity index (χ0v) is 8.13. The molecule has 12 heavy (non-hydrogen) atoms. The van der Waals surface area contributed by atoms with E-state index in [0.29, 0.717) is 6.42 Å². The zero-order chi connectivity index (χ0) is 9.61. The molecule has 0 aromatic carbocycles. The third kappa shape index (κ3) is 5.29. The molecule has 1 amide bonds. The van der Waals surface area contributed by atoms with E-state index in [1.165, 1.54) is 0 Å². The van der Waals surface area contributed by atoms with E-state index in [2.05, 4.69) is 9.84 Å². The zero-order valence-electron chi connectivity index (χ0n) is 7.24. The van der Waals surface area contributed by atoms with Gasteiger partial charge in [0.05, 0.1) is 6.61 Å². The predicted molar refractivity (Wildman–Crippen MR) is 44.8 cm³/mol. The van der Waals surface area contributed by atoms with Crippen LogP contribution in [0.2, 0.25) is 0 Å². The summed E-state index contributed by atoms with van der Waals surface area (Å²) in [6, 6.07) is 0. The van der Waals surface area contributed by atoms with Crippen LogP contribution in [0.3, 0.4) is 0 Å². The lowest BCUT2D eigenvalue weighted by atomic mass is 10.5. The molecule has 0 saturated carbocycles. The Morgan fingerprint density at radius 3 is 2.58 bits per heavy atom. The lowest BCUT2D eigenvalue weighted by Gasteiger charge is -2.10. The molecular formula is C6H14NO4P. The second kappa shape index (κ2) is 5.30. The van der Waals surface area contributed by atoms with Crippen molar-refractivity contribution >= 4 is 13.5 Å². The highest BCUT2D eigenvalue weighted by Gasteiger charge is 2.18. The third-order valence-electron chi connectivity index (χ3n) is 1.13. The van der Waals surface area contributed by atoms with Crippen molar-refractivity contribution in [2.45, 2.75) is 20.3 Å². The van der Waals surface area contributed by atoms with Gasteiger partial charge in [-0.05, 0) is 6.92 Å². The Bertz CT molecular complexity index is 194. The van der Waals surface area contributed by atoms with Gasteiger partial charge in [-0.3, -0.25) is 9.36 Å². The van der Waals surface area contributed by atoms with E-state index in [0.717, 1.165) is 0 Å². The van der Waals surface area contributed by atoms with Crippen molar-refractivity contribution in [3.63, 3.8) is 0 Å². The van der Waals surface area contributed by atoms with Crippen molar-refractivity contribution in [1.82, 2.24) is 5.32 Å². The molecule has 0 rings (SSSR count). The Hall–Kier alpha value is -0.380. The van der Waals surface area contributed by atoms with Crippen LogP contribution in [0.15, 0.2) is 0 Å². The summed E-state index contributed by atoms with van der Waals surface area (Å²) in [5.74, 6) is -0.260. The van der Waals surface area contributed by atoms with Crippen LogP contribution in [0, 0.1) is 0 Å². The van der Waals surface area contributed by atoms with Crippen molar-refractivity contribution in [2.75, 3.05) is 12.9 Å². The van der Waals surface area contributed by atoms with E-state index >= 15 is 0 Å². The van der Waals surface area contributed by atoms with Crippen LogP contribution >= 0.6 is 7.60 Å². The average Bonchev–Trinajstić information content (AvgIpc) is 2.00. The molecule has 2 N–H and O–H groups in total. The van der Waals surface area contributed by atoms with E-state index in [9.17, 15) is 9.36 Å². The standard InChI is InChI=1S/C6H14NO4P/c1-3-6(8)7-5-12(9,10)11-4-2/h3-5H2,1-2H3,(H,7,8)(H,9,10). The second-order valence-corrected chi connectivity index (χ2v) is 4.02. The van der Waals surface area contributed by atoms with Crippen LogP contribution in [0.4, 0.5) is 0 Å². The smallest absolute Gasteiger partial charge is 0.344 e. The third-order valence-corrected chi connectivity index (χ3v) is 2.35. The fourth-order valence-electron chi connectivity index (χ4n) is 0.560. The molecule has 0 bridgehead atoms. The number of carbonyl (C=O) groups excluding carboxylic acids is 1. The first kappa shape index (κ1) is 11.6. The first-order valence-electron chi connectivity index (χ1n) is 3.75. The highest BCUT2D eigenvalue weighted by molar-refractivity contribution is 7.52. The van der Waals surface area contributed by atoms with Gasteiger partial charge in [0.25, 0.3) is 0 Å². The summed E-state index contributed by atoms with van der Waals surface area (Å²) in [5, 5.41) is 2.28. The second-order valence-electron chi connectivity index (χ2n) is 2.17. The van der Waals surface area contributed by atoms with Crippen LogP contribution in [0.1, 0.15) is 20.3 Å². The topological polar surface area (TPSA) is 75.6 Å². The average molecular weight is 195 g/mol. The summed E-state index contributed by atoms with van der Waals surface area (Å²) in [6.45, 7) is 3.44. The Kier molecular flexibility index (Phi) is 5.13. The van der Waals surface area contributed by atoms with E-state index in [1.54, 1.807) is 13.8 Å². The van der Waals surface area contributed by atoms with E-state index in [-0.39, 0.29) is 18.8 Å². The fraction of sp³-hybridized carbons (Fsp3) is 0.833. The van der Waals surface area contributed by atoms with Gasteiger partial charge in [-0.15, -0.1) is 0 Å². The molecule has 0 aromatic rings. The Labute approximate surface area is 71.6 Å². The summed E-state index contributed by atoms with van der Waals surface area (Å²) >= 11 is 0. The molecule has 6 heteroatoms. The summed E-state index contributed by atoms with van der Waals surface area (Å²) in [7, 11) is -3.59. The van der Waals surface area contributed by atoms with Crippen LogP contribution in [-0.2, 0) is 13.9 Å². The molecule has 72 valence electrons. The number of hydrogen-bond acceptors (Lipinski definition) is 3. The number of amides is 1. The summed E-state index contributed by atoms with van der Waals surface area (Å²) < 4.78 is 15.5. The Morgan fingerprint density at radius 1 is 1.58 bits per heavy atom. The molecule has 0 aliphatic carbocycles. The Morgan fingerprint density at radius 2 is 2.17 bits per heavy atom. The van der Waals surface area contributed by atoms with Gasteiger partial charge in [0.2, 0.25) is 5.91 Å². The molecule has 0 aromatic heterocycles. The first-order valence-corrected chi connectivity index (χ1v) is 5.51. The van der Waals surface area contributed by atoms with Crippen molar-refractivity contribution in [2.24, 2.45) is 0 Å². The van der Waals surface area contributed by atoms with Gasteiger partial charge < -0.3 is 14.7 Å². The first-order chi connectivity index (χ1) is 5.52. The summed E-state index contributed by atoms with van der Waals surface area (Å²) in [5.41, 5.74) is 0. The molecule has 0 radical (unpaired) electrons. The normalized spacial score (nSPS) is 15.2. The minimum atomic E-state index is -3.59. The van der Waals surface area contributed by atoms with Crippen LogP contribution in [0.25, 0.3) is 0 Å². The minimum absolute atomic E-state index is 0.162. The minimum Gasteiger partial charge on any atom is -0.344 e. The van der Waals surface area contributed by atoms with Gasteiger partial charge in [-0.25, -0.2) is 0 Å². The molecular weight excluding hydrogens is 181 g/mol. The van der Waals surface area contributed by atoms with E-state index in [4.69, 9.17) is 4.89 Å². The summed E-state index contributed by atoms with van der Waals surface area (Å²) in [4.78, 5) is 19.6. The number of rotatable bonds is 5. The van der Waals surface area contributed by atoms with Crippen LogP contribution in [0.5, 0.6) is 0 Å². The molecule has 5 nitrogen and oxygen atoms in total. The molecule has 1 atom stereocenters. The predicted octanol–water partition coefficient (Wildman–Crippen LogP) is 0.692. The van der Waals surface area contributed by atoms with Gasteiger partial charge in [-0.1, -0.05) is 6.92 Å². The lowest BCUT2D eigenvalue weighted by Crippen LogP contribution is -2.23. The van der Waals surface area contributed by atoms with E-state index in [1.807, 2.05) is 0 Å². The van der Waals surface area contributed by atoms with Crippen molar-refractivity contribution < 1.29 is 18.8 Å². The van der Waals surface area contributed by atoms with Gasteiger partial charge in [0.1, 0.15) is 6.29 Å². The Balaban J connectivity index is 3.75. The van der Waals surface area contributed by atoms with Crippen LogP contribution in [-0.4, -0.2) is 23.7 Å². The number of nitrogens with one attached hydrogen (secondary N) is 1. The van der Waals surface area contributed by atoms with Crippen LogP contribution < -0.4 is 5.32 Å². The highest BCUT2D eigenvalue weighted by Crippen LogP contribution is 2.39. The largest absolute Gasteiger partial charge is 0.347 e. The number of carbonyl (C=O) groups is 1. The summed E-state index contributed by atoms with van der Waals surface area (Å²) in [6.07, 6.45) is -0.0142. The van der Waals surface area contributed by atoms with Gasteiger partial charge >= 0.3 is 7.60 Å². The molecule has 0 spiro atoms. The molecule has 0 saturated heterocycles. The van der Waals surface area contributed by atoms with Crippen molar-refractivity contribution in [3.05, 3.63) is 0 Å². The van der Waals surface area contributed by atoms with Crippen molar-refractivity contribution in [1.29, 1.82) is 0 Å². The maximum atomic E-state index is 11.0. The quantitative estimate of drug-likeness (QED) is 0.633. The van der Waals surface area contributed by atoms with Gasteiger partial charge in [0.15, 0.2) is 0 Å². The lowest BCUT2D eigenvalue weighted by molar-refractivity contribution is -0.120. The van der Waals surface area contributed by atoms with Gasteiger partial charge in [0, 0.05) is 6.42 Å².